The van der Waals surface area contributed by atoms with Gasteiger partial charge in [0.1, 0.15) is 17.7 Å². The summed E-state index contributed by atoms with van der Waals surface area (Å²) in [4.78, 5) is 12.0. The van der Waals surface area contributed by atoms with E-state index in [2.05, 4.69) is 0 Å². The Hall–Kier alpha value is -1.03. The van der Waals surface area contributed by atoms with E-state index in [0.29, 0.717) is 23.7 Å². The van der Waals surface area contributed by atoms with E-state index in [9.17, 15) is 9.18 Å². The predicted octanol–water partition coefficient (Wildman–Crippen LogP) is 2.91. The van der Waals surface area contributed by atoms with Gasteiger partial charge in [-0.3, -0.25) is 4.79 Å². The third-order valence-electron chi connectivity index (χ3n) is 3.40. The molecule has 2 aliphatic heterocycles. The van der Waals surface area contributed by atoms with Crippen molar-refractivity contribution in [2.24, 2.45) is 5.92 Å². The number of ketones is 1. The Morgan fingerprint density at radius 2 is 2.29 bits per heavy atom. The third-order valence-corrected chi connectivity index (χ3v) is 4.59. The summed E-state index contributed by atoms with van der Waals surface area (Å²) in [5.74, 6) is 2.85. The van der Waals surface area contributed by atoms with Crippen molar-refractivity contribution in [3.05, 3.63) is 29.6 Å². The molecule has 3 rings (SSSR count). The van der Waals surface area contributed by atoms with Crippen molar-refractivity contribution < 1.29 is 13.9 Å². The number of rotatable bonds is 1. The molecule has 1 aromatic carbocycles. The maximum absolute atomic E-state index is 13.1. The summed E-state index contributed by atoms with van der Waals surface area (Å²) >= 11 is 1.91. The normalized spacial score (nSPS) is 27.7. The van der Waals surface area contributed by atoms with Gasteiger partial charge in [0.25, 0.3) is 0 Å². The van der Waals surface area contributed by atoms with Crippen molar-refractivity contribution in [1.82, 2.24) is 0 Å². The van der Waals surface area contributed by atoms with Crippen LogP contribution in [-0.4, -0.2) is 23.4 Å². The summed E-state index contributed by atoms with van der Waals surface area (Å²) in [5, 5.41) is 0. The van der Waals surface area contributed by atoms with E-state index in [4.69, 9.17) is 4.74 Å². The Morgan fingerprint density at radius 3 is 3.06 bits per heavy atom. The Morgan fingerprint density at radius 1 is 1.41 bits per heavy atom. The third kappa shape index (κ3) is 2.06. The molecule has 90 valence electrons. The molecule has 0 bridgehead atoms. The van der Waals surface area contributed by atoms with E-state index in [1.807, 2.05) is 11.8 Å². The fourth-order valence-electron chi connectivity index (χ4n) is 2.43. The first-order valence-corrected chi connectivity index (χ1v) is 6.96. The fraction of sp³-hybridized carbons (Fsp3) is 0.462. The van der Waals surface area contributed by atoms with Gasteiger partial charge >= 0.3 is 0 Å². The van der Waals surface area contributed by atoms with E-state index in [-0.39, 0.29) is 17.7 Å². The predicted molar refractivity (Wildman–Crippen MR) is 65.2 cm³/mol. The van der Waals surface area contributed by atoms with Gasteiger partial charge in [-0.1, -0.05) is 0 Å². The van der Waals surface area contributed by atoms with E-state index in [1.54, 1.807) is 6.07 Å². The van der Waals surface area contributed by atoms with Crippen molar-refractivity contribution in [2.45, 2.75) is 18.9 Å². The summed E-state index contributed by atoms with van der Waals surface area (Å²) in [6, 6.07) is 4.19. The van der Waals surface area contributed by atoms with Crippen molar-refractivity contribution in [2.75, 3.05) is 11.5 Å². The number of carbonyl (C=O) groups is 1. The average molecular weight is 252 g/mol. The molecule has 0 N–H and O–H groups in total. The van der Waals surface area contributed by atoms with Crippen LogP contribution in [0, 0.1) is 11.7 Å². The number of carbonyl (C=O) groups excluding carboxylic acids is 1. The fourth-order valence-corrected chi connectivity index (χ4v) is 3.75. The molecule has 2 heterocycles. The molecule has 0 spiro atoms. The number of ether oxygens (including phenoxy) is 1. The van der Waals surface area contributed by atoms with Crippen LogP contribution in [-0.2, 0) is 0 Å². The van der Waals surface area contributed by atoms with Gasteiger partial charge in [0.15, 0.2) is 5.78 Å². The van der Waals surface area contributed by atoms with Gasteiger partial charge in [0.05, 0.1) is 5.56 Å². The standard InChI is InChI=1S/C13H13FO2S/c14-9-1-2-12-10(5-9)11(15)6-13(16-12)8-3-4-17-7-8/h1-2,5,8,13H,3-4,6-7H2. The Bertz CT molecular complexity index is 455. The van der Waals surface area contributed by atoms with Gasteiger partial charge in [0.2, 0.25) is 0 Å². The monoisotopic (exact) mass is 252 g/mol. The maximum Gasteiger partial charge on any atom is 0.170 e. The zero-order chi connectivity index (χ0) is 11.8. The molecule has 2 nitrogen and oxygen atoms in total. The molecule has 1 fully saturated rings. The second-order valence-electron chi connectivity index (χ2n) is 4.55. The molecular weight excluding hydrogens is 239 g/mol. The first kappa shape index (κ1) is 11.1. The molecule has 0 radical (unpaired) electrons. The molecular formula is C13H13FO2S. The van der Waals surface area contributed by atoms with Gasteiger partial charge in [-0.2, -0.15) is 11.8 Å². The number of halogens is 1. The second-order valence-corrected chi connectivity index (χ2v) is 5.70. The molecule has 1 saturated heterocycles. The summed E-state index contributed by atoms with van der Waals surface area (Å²) in [7, 11) is 0. The van der Waals surface area contributed by atoms with Gasteiger partial charge in [-0.05, 0) is 36.1 Å². The van der Waals surface area contributed by atoms with Gasteiger partial charge < -0.3 is 4.74 Å². The first-order chi connectivity index (χ1) is 8.24. The highest BCUT2D eigenvalue weighted by Gasteiger charge is 2.34. The summed E-state index contributed by atoms with van der Waals surface area (Å²) in [5.41, 5.74) is 0.395. The topological polar surface area (TPSA) is 26.3 Å². The molecule has 17 heavy (non-hydrogen) atoms. The molecule has 2 aliphatic rings. The van der Waals surface area contributed by atoms with Crippen LogP contribution < -0.4 is 4.74 Å². The largest absolute Gasteiger partial charge is 0.489 e. The summed E-state index contributed by atoms with van der Waals surface area (Å²) < 4.78 is 18.9. The molecule has 0 saturated carbocycles. The minimum Gasteiger partial charge on any atom is -0.489 e. The van der Waals surface area contributed by atoms with Gasteiger partial charge in [-0.25, -0.2) is 4.39 Å². The van der Waals surface area contributed by atoms with Crippen LogP contribution in [0.25, 0.3) is 0 Å². The Labute approximate surface area is 104 Å². The van der Waals surface area contributed by atoms with Crippen molar-refractivity contribution in [3.8, 4) is 5.75 Å². The van der Waals surface area contributed by atoms with Crippen molar-refractivity contribution >= 4 is 17.5 Å². The Balaban J connectivity index is 1.87. The van der Waals surface area contributed by atoms with Crippen molar-refractivity contribution in [1.29, 1.82) is 0 Å². The lowest BCUT2D eigenvalue weighted by Crippen LogP contribution is -2.33. The summed E-state index contributed by atoms with van der Waals surface area (Å²) in [6.07, 6.45) is 1.48. The molecule has 0 aliphatic carbocycles. The SMILES string of the molecule is O=C1CC(C2CCSC2)Oc2ccc(F)cc21. The second kappa shape index (κ2) is 4.33. The lowest BCUT2D eigenvalue weighted by molar-refractivity contribution is 0.0760. The highest BCUT2D eigenvalue weighted by Crippen LogP contribution is 2.35. The number of hydrogen-bond acceptors (Lipinski definition) is 3. The number of Topliss-reactive ketones (excluding diaryl/α,β-unsaturated/α-hetero) is 1. The minimum atomic E-state index is -0.379. The van der Waals surface area contributed by atoms with Gasteiger partial charge in [0, 0.05) is 12.3 Å². The summed E-state index contributed by atoms with van der Waals surface area (Å²) in [6.45, 7) is 0. The lowest BCUT2D eigenvalue weighted by atomic mass is 9.92. The van der Waals surface area contributed by atoms with Crippen molar-refractivity contribution in [3.63, 3.8) is 0 Å². The molecule has 2 atom stereocenters. The van der Waals surface area contributed by atoms with E-state index >= 15 is 0 Å². The molecule has 2 unspecified atom stereocenters. The molecule has 0 amide bonds. The Kier molecular flexibility index (Phi) is 2.82. The average Bonchev–Trinajstić information content (AvgIpc) is 2.83. The zero-order valence-electron chi connectivity index (χ0n) is 9.32. The number of hydrogen-bond donors (Lipinski definition) is 0. The molecule has 1 aromatic rings. The molecule has 0 aromatic heterocycles. The van der Waals surface area contributed by atoms with E-state index < -0.39 is 0 Å². The smallest absolute Gasteiger partial charge is 0.170 e. The van der Waals surface area contributed by atoms with Crippen LogP contribution in [0.3, 0.4) is 0 Å². The van der Waals surface area contributed by atoms with Gasteiger partial charge in [-0.15, -0.1) is 0 Å². The molecule has 4 heteroatoms. The van der Waals surface area contributed by atoms with Crippen LogP contribution in [0.1, 0.15) is 23.2 Å². The van der Waals surface area contributed by atoms with Crippen LogP contribution in [0.15, 0.2) is 18.2 Å². The lowest BCUT2D eigenvalue weighted by Gasteiger charge is -2.29. The number of benzene rings is 1. The van der Waals surface area contributed by atoms with E-state index in [1.165, 1.54) is 12.1 Å². The van der Waals surface area contributed by atoms with Crippen LogP contribution >= 0.6 is 11.8 Å². The van der Waals surface area contributed by atoms with Crippen LogP contribution in [0.5, 0.6) is 5.75 Å². The van der Waals surface area contributed by atoms with Crippen LogP contribution in [0.4, 0.5) is 4.39 Å². The highest BCUT2D eigenvalue weighted by molar-refractivity contribution is 7.99. The number of thioether (sulfide) groups is 1. The number of fused-ring (bicyclic) bond motifs is 1. The van der Waals surface area contributed by atoms with Crippen LogP contribution in [0.2, 0.25) is 0 Å². The zero-order valence-corrected chi connectivity index (χ0v) is 10.1. The highest BCUT2D eigenvalue weighted by atomic mass is 32.2. The maximum atomic E-state index is 13.1. The first-order valence-electron chi connectivity index (χ1n) is 5.81. The minimum absolute atomic E-state index is 0.00708. The van der Waals surface area contributed by atoms with E-state index in [0.717, 1.165) is 17.9 Å². The quantitative estimate of drug-likeness (QED) is 0.768.